The molecule has 1 rings (SSSR count). The molecule has 3 N–H and O–H groups in total. The molecule has 5 nitrogen and oxygen atoms in total. The summed E-state index contributed by atoms with van der Waals surface area (Å²) in [6.45, 7) is 1.61. The van der Waals surface area contributed by atoms with Gasteiger partial charge >= 0.3 is 0 Å². The Hall–Kier alpha value is -1.27. The number of carbonyl (C=O) groups is 1. The average molecular weight is 291 g/mol. The van der Waals surface area contributed by atoms with E-state index >= 15 is 0 Å². The number of sulfone groups is 1. The van der Waals surface area contributed by atoms with E-state index in [9.17, 15) is 13.2 Å². The highest BCUT2D eigenvalue weighted by Gasteiger charge is 2.16. The molecule has 0 heterocycles. The molecule has 100 valence electrons. The van der Waals surface area contributed by atoms with Gasteiger partial charge in [-0.1, -0.05) is 11.6 Å². The molecule has 0 aliphatic rings. The second-order valence-corrected chi connectivity index (χ2v) is 6.80. The van der Waals surface area contributed by atoms with Crippen molar-refractivity contribution >= 4 is 33.0 Å². The summed E-state index contributed by atoms with van der Waals surface area (Å²) < 4.78 is 22.2. The molecule has 18 heavy (non-hydrogen) atoms. The lowest BCUT2D eigenvalue weighted by atomic mass is 10.2. The van der Waals surface area contributed by atoms with Crippen molar-refractivity contribution in [3.8, 4) is 0 Å². The zero-order chi connectivity index (χ0) is 13.9. The fraction of sp³-hybridized carbons (Fsp3) is 0.364. The summed E-state index contributed by atoms with van der Waals surface area (Å²) in [7, 11) is -3.14. The highest BCUT2D eigenvalue weighted by atomic mass is 35.5. The summed E-state index contributed by atoms with van der Waals surface area (Å²) in [4.78, 5) is 11.9. The van der Waals surface area contributed by atoms with Crippen LogP contribution in [-0.4, -0.2) is 32.4 Å². The molecule has 1 atom stereocenters. The van der Waals surface area contributed by atoms with Crippen LogP contribution in [0.5, 0.6) is 0 Å². The first-order valence-electron chi connectivity index (χ1n) is 5.22. The topological polar surface area (TPSA) is 89.3 Å². The van der Waals surface area contributed by atoms with Crippen molar-refractivity contribution in [2.24, 2.45) is 0 Å². The lowest BCUT2D eigenvalue weighted by Gasteiger charge is -2.13. The zero-order valence-corrected chi connectivity index (χ0v) is 11.7. The molecule has 0 fully saturated rings. The lowest BCUT2D eigenvalue weighted by Crippen LogP contribution is -2.37. The van der Waals surface area contributed by atoms with Crippen LogP contribution in [0, 0.1) is 0 Å². The minimum absolute atomic E-state index is 0.126. The van der Waals surface area contributed by atoms with Crippen LogP contribution in [0.2, 0.25) is 5.02 Å². The fourth-order valence-electron chi connectivity index (χ4n) is 1.51. The average Bonchev–Trinajstić information content (AvgIpc) is 2.18. The largest absolute Gasteiger partial charge is 0.399 e. The Morgan fingerprint density at radius 2 is 2.11 bits per heavy atom. The number of hydrogen-bond donors (Lipinski definition) is 2. The van der Waals surface area contributed by atoms with Gasteiger partial charge in [0.05, 0.1) is 16.3 Å². The van der Waals surface area contributed by atoms with Gasteiger partial charge in [-0.2, -0.15) is 0 Å². The summed E-state index contributed by atoms with van der Waals surface area (Å²) in [6.07, 6.45) is 1.11. The minimum atomic E-state index is -3.14. The molecule has 0 bridgehead atoms. The minimum Gasteiger partial charge on any atom is -0.399 e. The van der Waals surface area contributed by atoms with Gasteiger partial charge in [0.2, 0.25) is 0 Å². The van der Waals surface area contributed by atoms with Gasteiger partial charge in [0, 0.05) is 18.0 Å². The van der Waals surface area contributed by atoms with Crippen LogP contribution < -0.4 is 11.1 Å². The van der Waals surface area contributed by atoms with Crippen molar-refractivity contribution in [3.05, 3.63) is 28.8 Å². The van der Waals surface area contributed by atoms with Gasteiger partial charge in [0.25, 0.3) is 5.91 Å². The normalized spacial score (nSPS) is 13.1. The Morgan fingerprint density at radius 1 is 1.50 bits per heavy atom. The summed E-state index contributed by atoms with van der Waals surface area (Å²) in [5.41, 5.74) is 6.21. The molecule has 0 saturated heterocycles. The predicted molar refractivity (Wildman–Crippen MR) is 72.5 cm³/mol. The molecule has 0 aromatic heterocycles. The van der Waals surface area contributed by atoms with E-state index in [4.69, 9.17) is 17.3 Å². The Balaban J connectivity index is 2.80. The summed E-state index contributed by atoms with van der Waals surface area (Å²) in [6, 6.07) is 4.06. The third-order valence-electron chi connectivity index (χ3n) is 2.17. The number of nitrogens with one attached hydrogen (secondary N) is 1. The van der Waals surface area contributed by atoms with E-state index in [1.807, 2.05) is 0 Å². The molecule has 1 unspecified atom stereocenters. The van der Waals surface area contributed by atoms with Crippen LogP contribution in [0.25, 0.3) is 0 Å². The predicted octanol–water partition coefficient (Wildman–Crippen LogP) is 1.09. The van der Waals surface area contributed by atoms with Crippen LogP contribution in [0.1, 0.15) is 17.3 Å². The molecule has 7 heteroatoms. The van der Waals surface area contributed by atoms with Gasteiger partial charge in [-0.05, 0) is 25.1 Å². The summed E-state index contributed by atoms with van der Waals surface area (Å²) in [5, 5.41) is 2.83. The molecule has 1 aromatic rings. The molecule has 0 aliphatic carbocycles. The van der Waals surface area contributed by atoms with Crippen LogP contribution in [0.4, 0.5) is 5.69 Å². The van der Waals surface area contributed by atoms with Crippen LogP contribution in [-0.2, 0) is 9.84 Å². The second-order valence-electron chi connectivity index (χ2n) is 4.21. The summed E-state index contributed by atoms with van der Waals surface area (Å²) >= 11 is 5.87. The SMILES string of the molecule is CC(CS(C)(=O)=O)NC(=O)c1cc(N)ccc1Cl. The van der Waals surface area contributed by atoms with Gasteiger partial charge in [-0.3, -0.25) is 4.79 Å². The maximum atomic E-state index is 11.9. The van der Waals surface area contributed by atoms with Crippen molar-refractivity contribution in [1.82, 2.24) is 5.32 Å². The van der Waals surface area contributed by atoms with Crippen molar-refractivity contribution < 1.29 is 13.2 Å². The van der Waals surface area contributed by atoms with Crippen molar-refractivity contribution in [1.29, 1.82) is 0 Å². The number of anilines is 1. The van der Waals surface area contributed by atoms with Gasteiger partial charge < -0.3 is 11.1 Å². The summed E-state index contributed by atoms with van der Waals surface area (Å²) in [5.74, 6) is -0.568. The van der Waals surface area contributed by atoms with E-state index in [0.29, 0.717) is 5.69 Å². The van der Waals surface area contributed by atoms with Crippen LogP contribution in [0.15, 0.2) is 18.2 Å². The third-order valence-corrected chi connectivity index (χ3v) is 3.60. The van der Waals surface area contributed by atoms with Gasteiger partial charge in [-0.15, -0.1) is 0 Å². The zero-order valence-electron chi connectivity index (χ0n) is 10.1. The number of nitrogen functional groups attached to an aromatic ring is 1. The molecule has 0 saturated carbocycles. The quantitative estimate of drug-likeness (QED) is 0.812. The number of amides is 1. The van der Waals surface area contributed by atoms with Crippen molar-refractivity contribution in [2.45, 2.75) is 13.0 Å². The third kappa shape index (κ3) is 4.54. The van der Waals surface area contributed by atoms with E-state index in [1.54, 1.807) is 13.0 Å². The highest BCUT2D eigenvalue weighted by Crippen LogP contribution is 2.18. The van der Waals surface area contributed by atoms with E-state index in [0.717, 1.165) is 6.26 Å². The van der Waals surface area contributed by atoms with Crippen molar-refractivity contribution in [3.63, 3.8) is 0 Å². The lowest BCUT2D eigenvalue weighted by molar-refractivity contribution is 0.0944. The molecular formula is C11H15ClN2O3S. The second kappa shape index (κ2) is 5.58. The Kier molecular flexibility index (Phi) is 4.59. The fourth-order valence-corrected chi connectivity index (χ4v) is 2.71. The number of carbonyl (C=O) groups excluding carboxylic acids is 1. The van der Waals surface area contributed by atoms with Gasteiger partial charge in [0.1, 0.15) is 9.84 Å². The molecule has 0 radical (unpaired) electrons. The molecular weight excluding hydrogens is 276 g/mol. The smallest absolute Gasteiger partial charge is 0.253 e. The number of nitrogens with two attached hydrogens (primary N) is 1. The highest BCUT2D eigenvalue weighted by molar-refractivity contribution is 7.90. The number of rotatable bonds is 4. The van der Waals surface area contributed by atoms with E-state index in [1.165, 1.54) is 12.1 Å². The molecule has 1 amide bonds. The standard InChI is InChI=1S/C11H15ClN2O3S/c1-7(6-18(2,16)17)14-11(15)9-5-8(13)3-4-10(9)12/h3-5,7H,6,13H2,1-2H3,(H,14,15). The number of halogens is 1. The number of hydrogen-bond acceptors (Lipinski definition) is 4. The number of benzene rings is 1. The maximum absolute atomic E-state index is 11.9. The Morgan fingerprint density at radius 3 is 2.67 bits per heavy atom. The van der Waals surface area contributed by atoms with Crippen LogP contribution in [0.3, 0.4) is 0 Å². The first-order chi connectivity index (χ1) is 8.19. The van der Waals surface area contributed by atoms with E-state index in [2.05, 4.69) is 5.32 Å². The van der Waals surface area contributed by atoms with Gasteiger partial charge in [0.15, 0.2) is 0 Å². The van der Waals surface area contributed by atoms with E-state index in [-0.39, 0.29) is 16.3 Å². The Labute approximate surface area is 111 Å². The van der Waals surface area contributed by atoms with Crippen LogP contribution >= 0.6 is 11.6 Å². The molecule has 0 aliphatic heterocycles. The molecule has 1 aromatic carbocycles. The Bertz CT molecular complexity index is 557. The van der Waals surface area contributed by atoms with Gasteiger partial charge in [-0.25, -0.2) is 8.42 Å². The maximum Gasteiger partial charge on any atom is 0.253 e. The van der Waals surface area contributed by atoms with Crippen molar-refractivity contribution in [2.75, 3.05) is 17.7 Å². The van der Waals surface area contributed by atoms with E-state index < -0.39 is 21.8 Å². The monoisotopic (exact) mass is 290 g/mol. The molecule has 0 spiro atoms. The first kappa shape index (κ1) is 14.8. The first-order valence-corrected chi connectivity index (χ1v) is 7.66.